The molecule has 0 saturated carbocycles. The minimum absolute atomic E-state index is 0.0442. The lowest BCUT2D eigenvalue weighted by Gasteiger charge is -2.19. The predicted molar refractivity (Wildman–Crippen MR) is 114 cm³/mol. The van der Waals surface area contributed by atoms with Gasteiger partial charge in [0.2, 0.25) is 5.95 Å². The van der Waals surface area contributed by atoms with Crippen LogP contribution in [0.4, 0.5) is 18.9 Å². The number of carbonyl (C=O) groups is 1. The zero-order valence-electron chi connectivity index (χ0n) is 17.5. The van der Waals surface area contributed by atoms with Crippen molar-refractivity contribution in [3.8, 4) is 5.95 Å². The molecule has 3 aromatic heterocycles. The highest BCUT2D eigenvalue weighted by atomic mass is 19.4. The van der Waals surface area contributed by atoms with Crippen molar-refractivity contribution < 1.29 is 23.1 Å². The minimum atomic E-state index is -4.37. The summed E-state index contributed by atoms with van der Waals surface area (Å²) in [7, 11) is 0. The second kappa shape index (κ2) is 8.01. The van der Waals surface area contributed by atoms with E-state index in [1.54, 1.807) is 4.68 Å². The van der Waals surface area contributed by atoms with Gasteiger partial charge in [-0.25, -0.2) is 14.5 Å². The number of carboxylic acid groups (broad SMARTS) is 1. The number of nitrogens with zero attached hydrogens (tertiary/aromatic N) is 6. The van der Waals surface area contributed by atoms with Crippen LogP contribution in [0.3, 0.4) is 0 Å². The second-order valence-electron chi connectivity index (χ2n) is 8.07. The van der Waals surface area contributed by atoms with E-state index in [1.165, 1.54) is 29.2 Å². The number of anilines is 1. The predicted octanol–water partition coefficient (Wildman–Crippen LogP) is 2.55. The van der Waals surface area contributed by atoms with Gasteiger partial charge in [-0.1, -0.05) is 0 Å². The highest BCUT2D eigenvalue weighted by Gasteiger charge is 2.31. The number of H-pyrrole nitrogens is 1. The van der Waals surface area contributed by atoms with Crippen molar-refractivity contribution in [3.05, 3.63) is 64.3 Å². The van der Waals surface area contributed by atoms with Gasteiger partial charge in [0.25, 0.3) is 5.56 Å². The molecule has 176 valence electrons. The van der Waals surface area contributed by atoms with Crippen molar-refractivity contribution in [1.29, 1.82) is 0 Å². The fourth-order valence-electron chi connectivity index (χ4n) is 4.11. The molecule has 5 rings (SSSR count). The molecule has 2 N–H and O–H groups in total. The van der Waals surface area contributed by atoms with Crippen molar-refractivity contribution in [3.63, 3.8) is 0 Å². The fraction of sp³-hybridized carbons (Fsp3) is 0.286. The topological polar surface area (TPSA) is 122 Å². The van der Waals surface area contributed by atoms with E-state index in [2.05, 4.69) is 20.2 Å². The molecule has 1 aliphatic heterocycles. The molecule has 1 saturated heterocycles. The first-order valence-corrected chi connectivity index (χ1v) is 10.4. The lowest BCUT2D eigenvalue weighted by molar-refractivity contribution is -0.137. The molecule has 0 amide bonds. The number of nitrogens with one attached hydrogen (secondary N) is 1. The van der Waals surface area contributed by atoms with Gasteiger partial charge >= 0.3 is 12.1 Å². The molecule has 13 heteroatoms. The van der Waals surface area contributed by atoms with Crippen molar-refractivity contribution in [2.45, 2.75) is 19.1 Å². The molecule has 0 unspecified atom stereocenters. The highest BCUT2D eigenvalue weighted by Crippen LogP contribution is 2.32. The first kappa shape index (κ1) is 21.7. The smallest absolute Gasteiger partial charge is 0.416 e. The maximum absolute atomic E-state index is 12.8. The SMILES string of the molecule is O=C(O)c1cnn(-c2nc3cnn(C[C@H]4CCN(c5ccc(C(F)(F)F)cc5)C4)c3c(=O)[nH]2)c1. The monoisotopic (exact) mass is 473 g/mol. The Hall–Kier alpha value is -4.16. The molecule has 0 aliphatic carbocycles. The van der Waals surface area contributed by atoms with Gasteiger partial charge in [-0.15, -0.1) is 0 Å². The van der Waals surface area contributed by atoms with E-state index in [4.69, 9.17) is 5.11 Å². The van der Waals surface area contributed by atoms with Gasteiger partial charge in [0.05, 0.1) is 23.5 Å². The van der Waals surface area contributed by atoms with Crippen LogP contribution in [0.15, 0.2) is 47.7 Å². The van der Waals surface area contributed by atoms with Gasteiger partial charge in [-0.05, 0) is 36.6 Å². The van der Waals surface area contributed by atoms with E-state index in [0.717, 1.165) is 24.8 Å². The standard InChI is InChI=1S/C21H18F3N7O3/c22-21(23,24)14-1-3-15(4-2-14)29-6-5-12(9-29)10-30-17-16(8-26-30)27-20(28-18(17)32)31-11-13(7-25-31)19(33)34/h1-4,7-8,11-12H,5-6,9-10H2,(H,33,34)(H,27,28,32)/t12-/m0/s1. The number of halogens is 3. The third-order valence-corrected chi connectivity index (χ3v) is 5.81. The number of aromatic carboxylic acids is 1. The molecule has 4 heterocycles. The molecule has 10 nitrogen and oxygen atoms in total. The van der Waals surface area contributed by atoms with Gasteiger partial charge < -0.3 is 10.0 Å². The number of hydrogen-bond donors (Lipinski definition) is 2. The summed E-state index contributed by atoms with van der Waals surface area (Å²) in [6.07, 6.45) is 0.267. The highest BCUT2D eigenvalue weighted by molar-refractivity contribution is 5.87. The van der Waals surface area contributed by atoms with Crippen LogP contribution >= 0.6 is 0 Å². The van der Waals surface area contributed by atoms with Gasteiger partial charge in [-0.3, -0.25) is 14.5 Å². The third-order valence-electron chi connectivity index (χ3n) is 5.81. The van der Waals surface area contributed by atoms with Crippen LogP contribution in [0.1, 0.15) is 22.3 Å². The minimum Gasteiger partial charge on any atom is -0.478 e. The average molecular weight is 473 g/mol. The van der Waals surface area contributed by atoms with Crippen LogP contribution in [-0.4, -0.2) is 53.7 Å². The maximum atomic E-state index is 12.8. The van der Waals surface area contributed by atoms with Crippen LogP contribution in [-0.2, 0) is 12.7 Å². The quantitative estimate of drug-likeness (QED) is 0.457. The van der Waals surface area contributed by atoms with Gasteiger partial charge in [0.1, 0.15) is 5.52 Å². The number of aromatic amines is 1. The Kier molecular flexibility index (Phi) is 5.10. The fourth-order valence-corrected chi connectivity index (χ4v) is 4.11. The Morgan fingerprint density at radius 1 is 1.18 bits per heavy atom. The molecule has 0 bridgehead atoms. The van der Waals surface area contributed by atoms with Crippen LogP contribution < -0.4 is 10.5 Å². The Bertz CT molecular complexity index is 1420. The second-order valence-corrected chi connectivity index (χ2v) is 8.07. The zero-order valence-corrected chi connectivity index (χ0v) is 17.5. The summed E-state index contributed by atoms with van der Waals surface area (Å²) in [5.74, 6) is -0.947. The normalized spacial score (nSPS) is 16.4. The van der Waals surface area contributed by atoms with E-state index in [1.807, 2.05) is 4.90 Å². The Balaban J connectivity index is 1.32. The van der Waals surface area contributed by atoms with E-state index >= 15 is 0 Å². The molecule has 1 aliphatic rings. The first-order chi connectivity index (χ1) is 16.2. The van der Waals surface area contributed by atoms with Crippen molar-refractivity contribution in [1.82, 2.24) is 29.5 Å². The average Bonchev–Trinajstić information content (AvgIpc) is 3.54. The molecular formula is C21H18F3N7O3. The number of benzene rings is 1. The molecule has 1 atom stereocenters. The van der Waals surface area contributed by atoms with Crippen molar-refractivity contribution in [2.24, 2.45) is 5.92 Å². The van der Waals surface area contributed by atoms with E-state index in [-0.39, 0.29) is 22.9 Å². The number of rotatable bonds is 5. The lowest BCUT2D eigenvalue weighted by Crippen LogP contribution is -2.23. The van der Waals surface area contributed by atoms with E-state index in [9.17, 15) is 22.8 Å². The number of carboxylic acids is 1. The zero-order chi connectivity index (χ0) is 24.0. The van der Waals surface area contributed by atoms with Crippen molar-refractivity contribution >= 4 is 22.7 Å². The molecule has 1 fully saturated rings. The van der Waals surface area contributed by atoms with Crippen LogP contribution in [0, 0.1) is 5.92 Å². The van der Waals surface area contributed by atoms with Crippen LogP contribution in [0.5, 0.6) is 0 Å². The molecular weight excluding hydrogens is 455 g/mol. The first-order valence-electron chi connectivity index (χ1n) is 10.4. The van der Waals surface area contributed by atoms with Gasteiger partial charge in [-0.2, -0.15) is 23.4 Å². The summed E-state index contributed by atoms with van der Waals surface area (Å²) in [5.41, 5.74) is 0.158. The summed E-state index contributed by atoms with van der Waals surface area (Å²) in [6.45, 7) is 1.73. The summed E-state index contributed by atoms with van der Waals surface area (Å²) in [6, 6.07) is 5.09. The summed E-state index contributed by atoms with van der Waals surface area (Å²) < 4.78 is 41.1. The molecule has 0 spiro atoms. The molecule has 4 aromatic rings. The van der Waals surface area contributed by atoms with Crippen LogP contribution in [0.25, 0.3) is 17.0 Å². The Morgan fingerprint density at radius 2 is 1.94 bits per heavy atom. The number of fused-ring (bicyclic) bond motifs is 1. The van der Waals surface area contributed by atoms with Crippen LogP contribution in [0.2, 0.25) is 0 Å². The number of alkyl halides is 3. The number of hydrogen-bond acceptors (Lipinski definition) is 6. The summed E-state index contributed by atoms with van der Waals surface area (Å²) >= 11 is 0. The van der Waals surface area contributed by atoms with Gasteiger partial charge in [0, 0.05) is 31.5 Å². The Labute approximate surface area is 189 Å². The third kappa shape index (κ3) is 4.00. The lowest BCUT2D eigenvalue weighted by atomic mass is 10.1. The number of aromatic nitrogens is 6. The molecule has 1 aromatic carbocycles. The molecule has 34 heavy (non-hydrogen) atoms. The van der Waals surface area contributed by atoms with Gasteiger partial charge in [0.15, 0.2) is 5.52 Å². The van der Waals surface area contributed by atoms with E-state index < -0.39 is 23.3 Å². The maximum Gasteiger partial charge on any atom is 0.416 e. The van der Waals surface area contributed by atoms with Crippen molar-refractivity contribution in [2.75, 3.05) is 18.0 Å². The largest absolute Gasteiger partial charge is 0.478 e. The Morgan fingerprint density at radius 3 is 2.62 bits per heavy atom. The summed E-state index contributed by atoms with van der Waals surface area (Å²) in [4.78, 5) is 32.7. The van der Waals surface area contributed by atoms with E-state index in [0.29, 0.717) is 30.8 Å². The summed E-state index contributed by atoms with van der Waals surface area (Å²) in [5, 5.41) is 17.2. The molecule has 0 radical (unpaired) electrons.